The van der Waals surface area contributed by atoms with E-state index in [1.165, 1.54) is 11.9 Å². The van der Waals surface area contributed by atoms with Gasteiger partial charge in [-0.15, -0.1) is 0 Å². The van der Waals surface area contributed by atoms with E-state index in [2.05, 4.69) is 5.32 Å². The van der Waals surface area contributed by atoms with Crippen molar-refractivity contribution in [3.8, 4) is 5.75 Å². The van der Waals surface area contributed by atoms with Gasteiger partial charge >= 0.3 is 0 Å². The second-order valence-electron chi connectivity index (χ2n) is 4.37. The summed E-state index contributed by atoms with van der Waals surface area (Å²) in [7, 11) is 1.52. The van der Waals surface area contributed by atoms with E-state index >= 15 is 0 Å². The number of phenols is 1. The minimum atomic E-state index is -0.658. The summed E-state index contributed by atoms with van der Waals surface area (Å²) in [6.45, 7) is 0.886. The summed E-state index contributed by atoms with van der Waals surface area (Å²) >= 11 is 0. The molecule has 5 nitrogen and oxygen atoms in total. The van der Waals surface area contributed by atoms with Gasteiger partial charge in [0.05, 0.1) is 17.7 Å². The minimum Gasteiger partial charge on any atom is -0.507 e. The van der Waals surface area contributed by atoms with Crippen molar-refractivity contribution < 1.29 is 19.4 Å². The molecule has 6 heteroatoms. The van der Waals surface area contributed by atoms with Gasteiger partial charge in [0.25, 0.3) is 5.91 Å². The summed E-state index contributed by atoms with van der Waals surface area (Å²) in [6, 6.07) is 2.83. The van der Waals surface area contributed by atoms with Crippen molar-refractivity contribution in [1.29, 1.82) is 0 Å². The molecule has 1 heterocycles. The summed E-state index contributed by atoms with van der Waals surface area (Å²) in [5.74, 6) is -1.37. The van der Waals surface area contributed by atoms with Crippen LogP contribution in [0.3, 0.4) is 0 Å². The van der Waals surface area contributed by atoms with Gasteiger partial charge in [-0.05, 0) is 18.2 Å². The molecule has 18 heavy (non-hydrogen) atoms. The Morgan fingerprint density at radius 2 is 2.22 bits per heavy atom. The Morgan fingerprint density at radius 3 is 2.83 bits per heavy atom. The molecular formula is C12H15FN2O3. The lowest BCUT2D eigenvalue weighted by Crippen LogP contribution is -2.44. The van der Waals surface area contributed by atoms with Crippen molar-refractivity contribution >= 4 is 5.91 Å². The zero-order valence-corrected chi connectivity index (χ0v) is 9.93. The Hall–Kier alpha value is -1.66. The van der Waals surface area contributed by atoms with Crippen LogP contribution in [0.5, 0.6) is 5.75 Å². The molecule has 0 spiro atoms. The summed E-state index contributed by atoms with van der Waals surface area (Å²) < 4.78 is 13.1. The van der Waals surface area contributed by atoms with Gasteiger partial charge in [-0.1, -0.05) is 0 Å². The fraction of sp³-hybridized carbons (Fsp3) is 0.417. The van der Waals surface area contributed by atoms with Crippen molar-refractivity contribution in [2.45, 2.75) is 12.1 Å². The summed E-state index contributed by atoms with van der Waals surface area (Å²) in [6.07, 6.45) is -0.658. The fourth-order valence-corrected chi connectivity index (χ4v) is 2.07. The molecule has 1 saturated heterocycles. The van der Waals surface area contributed by atoms with Crippen molar-refractivity contribution in [2.75, 3.05) is 20.1 Å². The molecule has 2 rings (SSSR count). The van der Waals surface area contributed by atoms with Crippen LogP contribution < -0.4 is 5.32 Å². The maximum Gasteiger partial charge on any atom is 0.257 e. The third-order valence-electron chi connectivity index (χ3n) is 3.16. The van der Waals surface area contributed by atoms with Gasteiger partial charge in [0, 0.05) is 20.1 Å². The number of β-amino-alcohol motifs (C(OH)–C–C–N with tert-alkyl or cyclic N) is 1. The van der Waals surface area contributed by atoms with Gasteiger partial charge in [-0.2, -0.15) is 0 Å². The zero-order valence-electron chi connectivity index (χ0n) is 9.93. The zero-order chi connectivity index (χ0) is 13.3. The molecule has 1 aliphatic rings. The fourth-order valence-electron chi connectivity index (χ4n) is 2.07. The van der Waals surface area contributed by atoms with Crippen molar-refractivity contribution in [1.82, 2.24) is 10.2 Å². The van der Waals surface area contributed by atoms with Gasteiger partial charge in [0.1, 0.15) is 11.6 Å². The maximum atomic E-state index is 13.1. The van der Waals surface area contributed by atoms with E-state index in [1.807, 2.05) is 0 Å². The first-order valence-electron chi connectivity index (χ1n) is 5.65. The summed E-state index contributed by atoms with van der Waals surface area (Å²) in [4.78, 5) is 13.4. The Labute approximate surface area is 104 Å². The number of nitrogens with zero attached hydrogens (tertiary/aromatic N) is 1. The van der Waals surface area contributed by atoms with Gasteiger partial charge in [0.2, 0.25) is 0 Å². The molecule has 0 aromatic heterocycles. The number of halogens is 1. The SMILES string of the molecule is CN(C(=O)c1cc(F)ccc1O)[C@@H]1CNC[C@H]1O. The normalized spacial score (nSPS) is 23.1. The number of phenolic OH excluding ortho intramolecular Hbond substituents is 1. The highest BCUT2D eigenvalue weighted by molar-refractivity contribution is 5.96. The largest absolute Gasteiger partial charge is 0.507 e. The predicted octanol–water partition coefficient (Wildman–Crippen LogP) is -0.0640. The van der Waals surface area contributed by atoms with Crippen LogP contribution >= 0.6 is 0 Å². The molecular weight excluding hydrogens is 239 g/mol. The molecule has 0 unspecified atom stereocenters. The monoisotopic (exact) mass is 254 g/mol. The van der Waals surface area contributed by atoms with Gasteiger partial charge in [-0.3, -0.25) is 4.79 Å². The van der Waals surface area contributed by atoms with E-state index in [0.29, 0.717) is 13.1 Å². The van der Waals surface area contributed by atoms with E-state index in [0.717, 1.165) is 18.2 Å². The number of hydrogen-bond acceptors (Lipinski definition) is 4. The van der Waals surface area contributed by atoms with Crippen LogP contribution in [-0.4, -0.2) is 53.3 Å². The molecule has 2 atom stereocenters. The van der Waals surface area contributed by atoms with Crippen molar-refractivity contribution in [3.05, 3.63) is 29.6 Å². The van der Waals surface area contributed by atoms with Crippen LogP contribution in [0.25, 0.3) is 0 Å². The molecule has 0 saturated carbocycles. The number of carbonyl (C=O) groups is 1. The lowest BCUT2D eigenvalue weighted by molar-refractivity contribution is 0.0578. The van der Waals surface area contributed by atoms with Crippen LogP contribution in [0.15, 0.2) is 18.2 Å². The Kier molecular flexibility index (Phi) is 3.49. The van der Waals surface area contributed by atoms with Crippen LogP contribution in [0, 0.1) is 5.82 Å². The number of amides is 1. The number of benzene rings is 1. The standard InChI is InChI=1S/C12H15FN2O3/c1-15(9-5-14-6-11(9)17)12(18)8-4-7(13)2-3-10(8)16/h2-4,9,11,14,16-17H,5-6H2,1H3/t9-,11-/m1/s1. The summed E-state index contributed by atoms with van der Waals surface area (Å²) in [5.41, 5.74) is -0.100. The molecule has 1 aliphatic heterocycles. The Balaban J connectivity index is 2.22. The van der Waals surface area contributed by atoms with Crippen molar-refractivity contribution in [3.63, 3.8) is 0 Å². The van der Waals surface area contributed by atoms with E-state index in [9.17, 15) is 19.4 Å². The number of aromatic hydroxyl groups is 1. The number of aliphatic hydroxyl groups is 1. The predicted molar refractivity (Wildman–Crippen MR) is 62.8 cm³/mol. The average molecular weight is 254 g/mol. The highest BCUT2D eigenvalue weighted by atomic mass is 19.1. The average Bonchev–Trinajstić information content (AvgIpc) is 2.77. The first-order valence-corrected chi connectivity index (χ1v) is 5.65. The second kappa shape index (κ2) is 4.91. The van der Waals surface area contributed by atoms with Crippen LogP contribution in [0.2, 0.25) is 0 Å². The molecule has 1 aromatic rings. The molecule has 0 bridgehead atoms. The van der Waals surface area contributed by atoms with E-state index < -0.39 is 17.8 Å². The minimum absolute atomic E-state index is 0.100. The highest BCUT2D eigenvalue weighted by Gasteiger charge is 2.32. The first kappa shape index (κ1) is 12.8. The lowest BCUT2D eigenvalue weighted by atomic mass is 10.1. The molecule has 1 aromatic carbocycles. The van der Waals surface area contributed by atoms with Crippen LogP contribution in [-0.2, 0) is 0 Å². The molecule has 1 amide bonds. The smallest absolute Gasteiger partial charge is 0.257 e. The lowest BCUT2D eigenvalue weighted by Gasteiger charge is -2.26. The van der Waals surface area contributed by atoms with Crippen LogP contribution in [0.1, 0.15) is 10.4 Å². The number of carbonyl (C=O) groups excluding carboxylic acids is 1. The third kappa shape index (κ3) is 2.30. The topological polar surface area (TPSA) is 72.8 Å². The molecule has 98 valence electrons. The number of likely N-dealkylation sites (N-methyl/N-ethyl adjacent to an activating group) is 1. The number of rotatable bonds is 2. The Morgan fingerprint density at radius 1 is 1.50 bits per heavy atom. The number of hydrogen-bond donors (Lipinski definition) is 3. The third-order valence-corrected chi connectivity index (χ3v) is 3.16. The van der Waals surface area contributed by atoms with E-state index in [-0.39, 0.29) is 17.4 Å². The van der Waals surface area contributed by atoms with E-state index in [4.69, 9.17) is 0 Å². The van der Waals surface area contributed by atoms with Gasteiger partial charge < -0.3 is 20.4 Å². The Bertz CT molecular complexity index is 467. The first-order chi connectivity index (χ1) is 8.50. The quantitative estimate of drug-likeness (QED) is 0.691. The summed E-state index contributed by atoms with van der Waals surface area (Å²) in [5, 5.41) is 22.2. The van der Waals surface area contributed by atoms with Crippen molar-refractivity contribution in [2.24, 2.45) is 0 Å². The molecule has 3 N–H and O–H groups in total. The van der Waals surface area contributed by atoms with Gasteiger partial charge in [0.15, 0.2) is 0 Å². The second-order valence-corrected chi connectivity index (χ2v) is 4.37. The van der Waals surface area contributed by atoms with Crippen LogP contribution in [0.4, 0.5) is 4.39 Å². The molecule has 0 aliphatic carbocycles. The molecule has 1 fully saturated rings. The number of aliphatic hydroxyl groups excluding tert-OH is 1. The maximum absolute atomic E-state index is 13.1. The van der Waals surface area contributed by atoms with E-state index in [1.54, 1.807) is 0 Å². The van der Waals surface area contributed by atoms with Gasteiger partial charge in [-0.25, -0.2) is 4.39 Å². The molecule has 0 radical (unpaired) electrons. The number of nitrogens with one attached hydrogen (secondary N) is 1. The highest BCUT2D eigenvalue weighted by Crippen LogP contribution is 2.21.